The van der Waals surface area contributed by atoms with E-state index in [4.69, 9.17) is 0 Å². The van der Waals surface area contributed by atoms with Crippen molar-refractivity contribution in [2.75, 3.05) is 39.3 Å². The third kappa shape index (κ3) is 3.56. The van der Waals surface area contributed by atoms with Crippen molar-refractivity contribution in [1.29, 1.82) is 0 Å². The van der Waals surface area contributed by atoms with E-state index in [1.54, 1.807) is 36.7 Å². The lowest BCUT2D eigenvalue weighted by Gasteiger charge is -2.44. The third-order valence-electron chi connectivity index (χ3n) is 6.30. The lowest BCUT2D eigenvalue weighted by molar-refractivity contribution is 0.0833. The molecule has 30 heavy (non-hydrogen) atoms. The van der Waals surface area contributed by atoms with Crippen LogP contribution < -0.4 is 0 Å². The van der Waals surface area contributed by atoms with Crippen LogP contribution in [0.4, 0.5) is 0 Å². The third-order valence-corrected chi connectivity index (χ3v) is 8.10. The molecule has 0 amide bonds. The van der Waals surface area contributed by atoms with Crippen molar-refractivity contribution in [2.45, 2.75) is 30.2 Å². The van der Waals surface area contributed by atoms with Gasteiger partial charge in [0.25, 0.3) is 10.0 Å². The molecule has 158 valence electrons. The monoisotopic (exact) mass is 426 g/mol. The van der Waals surface area contributed by atoms with Gasteiger partial charge in [-0.15, -0.1) is 0 Å². The predicted molar refractivity (Wildman–Crippen MR) is 114 cm³/mol. The summed E-state index contributed by atoms with van der Waals surface area (Å²) < 4.78 is 28.2. The van der Waals surface area contributed by atoms with Gasteiger partial charge in [-0.3, -0.25) is 9.89 Å². The highest BCUT2D eigenvalue weighted by molar-refractivity contribution is 7.89. The summed E-state index contributed by atoms with van der Waals surface area (Å²) in [5.74, 6) is 0.601. The molecule has 0 radical (unpaired) electrons. The van der Waals surface area contributed by atoms with Gasteiger partial charge in [0.05, 0.1) is 18.0 Å². The lowest BCUT2D eigenvalue weighted by atomic mass is 9.91. The van der Waals surface area contributed by atoms with Gasteiger partial charge in [0, 0.05) is 50.2 Å². The average Bonchev–Trinajstić information content (AvgIpc) is 3.25. The standard InChI is InChI=1S/C21H26N6O2S/c28-30(29,20-6-4-17(5-7-20)18-14-22-16-23-15-18)27-9-8-24-21(27)26-12-10-25(11-13-26)19-2-1-3-19/h4-7,14-16,19H,1-3,8-13H2. The molecular weight excluding hydrogens is 400 g/mol. The van der Waals surface area contributed by atoms with Gasteiger partial charge in [0.2, 0.25) is 5.96 Å². The van der Waals surface area contributed by atoms with Crippen LogP contribution in [-0.2, 0) is 10.0 Å². The number of sulfonamides is 1. The molecule has 0 N–H and O–H groups in total. The maximum absolute atomic E-state index is 13.3. The van der Waals surface area contributed by atoms with Crippen molar-refractivity contribution in [3.8, 4) is 11.1 Å². The maximum Gasteiger partial charge on any atom is 0.266 e. The van der Waals surface area contributed by atoms with Crippen LogP contribution in [-0.4, -0.2) is 83.8 Å². The summed E-state index contributed by atoms with van der Waals surface area (Å²) in [6.45, 7) is 4.52. The molecule has 1 aromatic carbocycles. The molecule has 0 spiro atoms. The maximum atomic E-state index is 13.3. The largest absolute Gasteiger partial charge is 0.339 e. The van der Waals surface area contributed by atoms with E-state index >= 15 is 0 Å². The fourth-order valence-corrected chi connectivity index (χ4v) is 5.78. The van der Waals surface area contributed by atoms with Crippen molar-refractivity contribution in [1.82, 2.24) is 24.1 Å². The van der Waals surface area contributed by atoms with Crippen LogP contribution in [0.15, 0.2) is 52.9 Å². The summed E-state index contributed by atoms with van der Waals surface area (Å²) in [5.41, 5.74) is 1.74. The molecule has 1 aromatic heterocycles. The van der Waals surface area contributed by atoms with Gasteiger partial charge in [-0.25, -0.2) is 22.7 Å². The summed E-state index contributed by atoms with van der Waals surface area (Å²) >= 11 is 0. The normalized spacial score (nSPS) is 20.9. The molecule has 9 heteroatoms. The van der Waals surface area contributed by atoms with Crippen LogP contribution in [0.25, 0.3) is 11.1 Å². The smallest absolute Gasteiger partial charge is 0.266 e. The molecule has 3 aliphatic rings. The molecule has 8 nitrogen and oxygen atoms in total. The van der Waals surface area contributed by atoms with Gasteiger partial charge in [-0.05, 0) is 30.5 Å². The van der Waals surface area contributed by atoms with Gasteiger partial charge in [0.15, 0.2) is 0 Å². The summed E-state index contributed by atoms with van der Waals surface area (Å²) in [6.07, 6.45) is 8.83. The minimum absolute atomic E-state index is 0.283. The van der Waals surface area contributed by atoms with Crippen LogP contribution in [0.1, 0.15) is 19.3 Å². The first-order chi connectivity index (χ1) is 14.6. The molecule has 3 heterocycles. The van der Waals surface area contributed by atoms with Crippen molar-refractivity contribution in [3.63, 3.8) is 0 Å². The van der Waals surface area contributed by atoms with Crippen molar-refractivity contribution < 1.29 is 8.42 Å². The second-order valence-corrected chi connectivity index (χ2v) is 9.88. The second-order valence-electron chi connectivity index (χ2n) is 8.02. The van der Waals surface area contributed by atoms with Crippen LogP contribution in [0.3, 0.4) is 0 Å². The summed E-state index contributed by atoms with van der Waals surface area (Å²) in [4.78, 5) is 17.6. The Labute approximate surface area is 177 Å². The quantitative estimate of drug-likeness (QED) is 0.740. The van der Waals surface area contributed by atoms with Crippen molar-refractivity contribution in [2.24, 2.45) is 4.99 Å². The van der Waals surface area contributed by atoms with E-state index in [0.717, 1.165) is 43.3 Å². The Morgan fingerprint density at radius 2 is 1.57 bits per heavy atom. The average molecular weight is 427 g/mol. The van der Waals surface area contributed by atoms with E-state index in [2.05, 4.69) is 24.8 Å². The molecule has 1 aliphatic carbocycles. The van der Waals surface area contributed by atoms with E-state index in [1.165, 1.54) is 29.9 Å². The topological polar surface area (TPSA) is 82.0 Å². The number of nitrogens with zero attached hydrogens (tertiary/aromatic N) is 6. The fourth-order valence-electron chi connectivity index (χ4n) is 4.34. The van der Waals surface area contributed by atoms with E-state index in [1.807, 2.05) is 0 Å². The van der Waals surface area contributed by atoms with Crippen molar-refractivity contribution in [3.05, 3.63) is 43.0 Å². The first-order valence-electron chi connectivity index (χ1n) is 10.5. The van der Waals surface area contributed by atoms with Gasteiger partial charge in [-0.1, -0.05) is 18.6 Å². The molecule has 2 aliphatic heterocycles. The second kappa shape index (κ2) is 7.96. The Bertz CT molecular complexity index is 1010. The number of aromatic nitrogens is 2. The van der Waals surface area contributed by atoms with E-state index in [-0.39, 0.29) is 4.90 Å². The summed E-state index contributed by atoms with van der Waals surface area (Å²) in [7, 11) is -3.64. The minimum atomic E-state index is -3.64. The molecule has 5 rings (SSSR count). The van der Waals surface area contributed by atoms with Gasteiger partial charge < -0.3 is 4.90 Å². The molecule has 0 atom stereocenters. The number of guanidine groups is 1. The molecule has 0 unspecified atom stereocenters. The highest BCUT2D eigenvalue weighted by Crippen LogP contribution is 2.27. The number of benzene rings is 1. The van der Waals surface area contributed by atoms with Crippen LogP contribution in [0, 0.1) is 0 Å². The highest BCUT2D eigenvalue weighted by Gasteiger charge is 2.36. The lowest BCUT2D eigenvalue weighted by Crippen LogP contribution is -2.56. The fraction of sp³-hybridized carbons (Fsp3) is 0.476. The molecule has 2 fully saturated rings. The number of hydrogen-bond acceptors (Lipinski definition) is 7. The Morgan fingerprint density at radius 1 is 0.867 bits per heavy atom. The highest BCUT2D eigenvalue weighted by atomic mass is 32.2. The van der Waals surface area contributed by atoms with Crippen LogP contribution >= 0.6 is 0 Å². The molecule has 1 saturated carbocycles. The summed E-state index contributed by atoms with van der Waals surface area (Å²) in [5, 5.41) is 0. The zero-order valence-electron chi connectivity index (χ0n) is 16.9. The Morgan fingerprint density at radius 3 is 2.20 bits per heavy atom. The Hall–Kier alpha value is -2.52. The first-order valence-corrected chi connectivity index (χ1v) is 12.0. The van der Waals surface area contributed by atoms with Gasteiger partial charge >= 0.3 is 0 Å². The Kier molecular flexibility index (Phi) is 5.16. The molecule has 1 saturated heterocycles. The number of hydrogen-bond donors (Lipinski definition) is 0. The molecular formula is C21H26N6O2S. The number of rotatable bonds is 4. The Balaban J connectivity index is 1.31. The molecule has 0 bridgehead atoms. The number of aliphatic imine (C=N–C) groups is 1. The van der Waals surface area contributed by atoms with Gasteiger partial charge in [0.1, 0.15) is 6.33 Å². The van der Waals surface area contributed by atoms with E-state index in [9.17, 15) is 8.42 Å². The first kappa shape index (κ1) is 19.4. The summed E-state index contributed by atoms with van der Waals surface area (Å²) in [6, 6.07) is 7.64. The minimum Gasteiger partial charge on any atom is -0.339 e. The molecule has 2 aromatic rings. The van der Waals surface area contributed by atoms with Crippen LogP contribution in [0.2, 0.25) is 0 Å². The van der Waals surface area contributed by atoms with E-state index in [0.29, 0.717) is 19.0 Å². The van der Waals surface area contributed by atoms with Crippen LogP contribution in [0.5, 0.6) is 0 Å². The van der Waals surface area contributed by atoms with Crippen molar-refractivity contribution >= 4 is 16.0 Å². The predicted octanol–water partition coefficient (Wildman–Crippen LogP) is 1.67. The SMILES string of the molecule is O=S(=O)(c1ccc(-c2cncnc2)cc1)N1CCN=C1N1CCN(C2CCC2)CC1. The number of piperazine rings is 1. The zero-order valence-corrected chi connectivity index (χ0v) is 17.7. The van der Waals surface area contributed by atoms with Gasteiger partial charge in [-0.2, -0.15) is 0 Å². The zero-order chi connectivity index (χ0) is 20.6. The van der Waals surface area contributed by atoms with E-state index < -0.39 is 10.0 Å².